The average Bonchev–Trinajstić information content (AvgIpc) is 2.75. The van der Waals surface area contributed by atoms with E-state index in [0.717, 1.165) is 30.9 Å². The molecule has 0 saturated carbocycles. The van der Waals surface area contributed by atoms with Gasteiger partial charge in [-0.15, -0.1) is 0 Å². The smallest absolute Gasteiger partial charge is 0.0971 e. The second-order valence-corrected chi connectivity index (χ2v) is 5.02. The first-order valence-corrected chi connectivity index (χ1v) is 6.33. The van der Waals surface area contributed by atoms with Crippen LogP contribution in [0.3, 0.4) is 0 Å². The Morgan fingerprint density at radius 3 is 2.39 bits per heavy atom. The van der Waals surface area contributed by atoms with E-state index < -0.39 is 0 Å². The van der Waals surface area contributed by atoms with E-state index in [1.807, 2.05) is 12.1 Å². The zero-order chi connectivity index (χ0) is 13.1. The molecule has 0 aromatic heterocycles. The summed E-state index contributed by atoms with van der Waals surface area (Å²) in [6.07, 6.45) is 0.257. The topological polar surface area (TPSA) is 47.7 Å². The lowest BCUT2D eigenvalue weighted by atomic mass is 10.2. The number of likely N-dealkylation sites (tertiary alicyclic amines) is 1. The Hall–Kier alpha value is -0.810. The first kappa shape index (κ1) is 13.6. The number of benzene rings is 1. The van der Waals surface area contributed by atoms with Crippen LogP contribution in [-0.4, -0.2) is 44.4 Å². The van der Waals surface area contributed by atoms with Crippen LogP contribution < -0.4 is 5.73 Å². The fourth-order valence-corrected chi connectivity index (χ4v) is 2.53. The number of hydrogen-bond acceptors (Lipinski definition) is 4. The quantitative estimate of drug-likeness (QED) is 0.847. The third-order valence-electron chi connectivity index (χ3n) is 3.40. The zero-order valence-electron chi connectivity index (χ0n) is 10.7. The second-order valence-electron chi connectivity index (χ2n) is 4.59. The van der Waals surface area contributed by atoms with E-state index in [0.29, 0.717) is 5.02 Å². The molecule has 1 aromatic carbocycles. The minimum Gasteiger partial charge on any atom is -0.398 e. The van der Waals surface area contributed by atoms with E-state index >= 15 is 0 Å². The van der Waals surface area contributed by atoms with E-state index in [2.05, 4.69) is 4.90 Å². The van der Waals surface area contributed by atoms with Crippen molar-refractivity contribution in [1.82, 2.24) is 4.90 Å². The van der Waals surface area contributed by atoms with Crippen molar-refractivity contribution < 1.29 is 9.47 Å². The van der Waals surface area contributed by atoms with Gasteiger partial charge in [0.2, 0.25) is 0 Å². The molecule has 5 heteroatoms. The molecule has 1 aliphatic heterocycles. The van der Waals surface area contributed by atoms with Gasteiger partial charge < -0.3 is 15.2 Å². The fraction of sp³-hybridized carbons (Fsp3) is 0.538. The van der Waals surface area contributed by atoms with Crippen LogP contribution in [0.1, 0.15) is 5.56 Å². The normalized spacial score (nSPS) is 24.6. The molecule has 2 rings (SSSR count). The van der Waals surface area contributed by atoms with Gasteiger partial charge in [0, 0.05) is 44.6 Å². The van der Waals surface area contributed by atoms with Gasteiger partial charge >= 0.3 is 0 Å². The molecule has 4 nitrogen and oxygen atoms in total. The summed E-state index contributed by atoms with van der Waals surface area (Å²) in [6.45, 7) is 2.51. The van der Waals surface area contributed by atoms with Crippen LogP contribution in [0.25, 0.3) is 0 Å². The van der Waals surface area contributed by atoms with E-state index in [9.17, 15) is 0 Å². The van der Waals surface area contributed by atoms with Crippen molar-refractivity contribution in [2.75, 3.05) is 33.0 Å². The molecule has 2 atom stereocenters. The lowest BCUT2D eigenvalue weighted by Crippen LogP contribution is -2.27. The summed E-state index contributed by atoms with van der Waals surface area (Å²) in [5.74, 6) is 0. The molecule has 1 aromatic rings. The number of ether oxygens (including phenoxy) is 2. The Bertz CT molecular complexity index is 402. The van der Waals surface area contributed by atoms with Crippen LogP contribution in [0.4, 0.5) is 5.69 Å². The van der Waals surface area contributed by atoms with Gasteiger partial charge in [-0.25, -0.2) is 0 Å². The Morgan fingerprint density at radius 1 is 1.28 bits per heavy atom. The van der Waals surface area contributed by atoms with Crippen LogP contribution in [0.5, 0.6) is 0 Å². The maximum absolute atomic E-state index is 5.96. The molecule has 1 aliphatic rings. The maximum Gasteiger partial charge on any atom is 0.0971 e. The van der Waals surface area contributed by atoms with Crippen LogP contribution in [0.15, 0.2) is 18.2 Å². The molecule has 1 saturated heterocycles. The number of nitrogen functional groups attached to an aromatic ring is 1. The maximum atomic E-state index is 5.96. The molecule has 0 radical (unpaired) electrons. The Morgan fingerprint density at radius 2 is 1.89 bits per heavy atom. The van der Waals surface area contributed by atoms with Crippen LogP contribution in [0, 0.1) is 0 Å². The molecule has 0 amide bonds. The van der Waals surface area contributed by atoms with Gasteiger partial charge in [0.1, 0.15) is 0 Å². The van der Waals surface area contributed by atoms with Crippen molar-refractivity contribution in [2.45, 2.75) is 18.8 Å². The van der Waals surface area contributed by atoms with Gasteiger partial charge in [0.15, 0.2) is 0 Å². The molecule has 1 heterocycles. The van der Waals surface area contributed by atoms with Crippen molar-refractivity contribution in [3.05, 3.63) is 28.8 Å². The van der Waals surface area contributed by atoms with Crippen molar-refractivity contribution in [3.63, 3.8) is 0 Å². The minimum absolute atomic E-state index is 0.128. The number of anilines is 1. The summed E-state index contributed by atoms with van der Waals surface area (Å²) in [5, 5.41) is 0.669. The highest BCUT2D eigenvalue weighted by Gasteiger charge is 2.32. The standard InChI is InChI=1S/C13H19ClN2O2/c1-17-12-7-16(8-13(12)18-2)6-9-3-4-10(14)5-11(9)15/h3-5,12-13H,6-8,15H2,1-2H3. The van der Waals surface area contributed by atoms with Gasteiger partial charge in [-0.2, -0.15) is 0 Å². The molecule has 0 bridgehead atoms. The summed E-state index contributed by atoms with van der Waals surface area (Å²) >= 11 is 5.89. The molecular formula is C13H19ClN2O2. The van der Waals surface area contributed by atoms with Crippen molar-refractivity contribution in [3.8, 4) is 0 Å². The predicted molar refractivity (Wildman–Crippen MR) is 72.7 cm³/mol. The van der Waals surface area contributed by atoms with Gasteiger partial charge in [0.05, 0.1) is 12.2 Å². The highest BCUT2D eigenvalue weighted by molar-refractivity contribution is 6.30. The molecule has 2 N–H and O–H groups in total. The SMILES string of the molecule is COC1CN(Cc2ccc(Cl)cc2N)CC1OC. The largest absolute Gasteiger partial charge is 0.398 e. The highest BCUT2D eigenvalue weighted by atomic mass is 35.5. The monoisotopic (exact) mass is 270 g/mol. The Kier molecular flexibility index (Phi) is 4.45. The summed E-state index contributed by atoms with van der Waals surface area (Å²) in [6, 6.07) is 5.62. The molecule has 0 spiro atoms. The molecule has 0 aliphatic carbocycles. The number of nitrogens with zero attached hydrogens (tertiary/aromatic N) is 1. The Labute approximate surface area is 113 Å². The summed E-state index contributed by atoms with van der Waals surface area (Å²) in [7, 11) is 3.44. The number of nitrogens with two attached hydrogens (primary N) is 1. The molecule has 1 fully saturated rings. The highest BCUT2D eigenvalue weighted by Crippen LogP contribution is 2.23. The second kappa shape index (κ2) is 5.89. The zero-order valence-corrected chi connectivity index (χ0v) is 11.5. The van der Waals surface area contributed by atoms with E-state index in [1.54, 1.807) is 20.3 Å². The van der Waals surface area contributed by atoms with E-state index in [-0.39, 0.29) is 12.2 Å². The molecule has 18 heavy (non-hydrogen) atoms. The average molecular weight is 271 g/mol. The summed E-state index contributed by atoms with van der Waals surface area (Å²) < 4.78 is 10.8. The lowest BCUT2D eigenvalue weighted by Gasteiger charge is -2.16. The fourth-order valence-electron chi connectivity index (χ4n) is 2.35. The Balaban J connectivity index is 2.02. The van der Waals surface area contributed by atoms with Gasteiger partial charge in [-0.05, 0) is 17.7 Å². The molecule has 100 valence electrons. The molecule has 2 unspecified atom stereocenters. The first-order chi connectivity index (χ1) is 8.63. The lowest BCUT2D eigenvalue weighted by molar-refractivity contribution is -0.00461. The third kappa shape index (κ3) is 2.95. The first-order valence-electron chi connectivity index (χ1n) is 5.96. The summed E-state index contributed by atoms with van der Waals surface area (Å²) in [5.41, 5.74) is 7.78. The van der Waals surface area contributed by atoms with Gasteiger partial charge in [-0.3, -0.25) is 4.90 Å². The van der Waals surface area contributed by atoms with Crippen molar-refractivity contribution in [2.24, 2.45) is 0 Å². The van der Waals surface area contributed by atoms with Crippen LogP contribution in [-0.2, 0) is 16.0 Å². The van der Waals surface area contributed by atoms with Gasteiger partial charge in [-0.1, -0.05) is 17.7 Å². The number of halogens is 1. The third-order valence-corrected chi connectivity index (χ3v) is 3.63. The van der Waals surface area contributed by atoms with Crippen LogP contribution in [0.2, 0.25) is 5.02 Å². The minimum atomic E-state index is 0.128. The van der Waals surface area contributed by atoms with E-state index in [4.69, 9.17) is 26.8 Å². The number of rotatable bonds is 4. The molecular weight excluding hydrogens is 252 g/mol. The van der Waals surface area contributed by atoms with E-state index in [1.165, 1.54) is 0 Å². The van der Waals surface area contributed by atoms with Crippen molar-refractivity contribution in [1.29, 1.82) is 0 Å². The van der Waals surface area contributed by atoms with Gasteiger partial charge in [0.25, 0.3) is 0 Å². The van der Waals surface area contributed by atoms with Crippen LogP contribution >= 0.6 is 11.6 Å². The number of methoxy groups -OCH3 is 2. The predicted octanol–water partition coefficient (Wildman–Crippen LogP) is 1.77. The number of hydrogen-bond donors (Lipinski definition) is 1. The van der Waals surface area contributed by atoms with Crippen molar-refractivity contribution >= 4 is 17.3 Å². The summed E-state index contributed by atoms with van der Waals surface area (Å²) in [4.78, 5) is 2.28.